The lowest BCUT2D eigenvalue weighted by Crippen LogP contribution is -2.39. The molecule has 100 valence electrons. The maximum absolute atomic E-state index is 3.47. The maximum atomic E-state index is 3.47. The summed E-state index contributed by atoms with van der Waals surface area (Å²) in [7, 11) is 0. The van der Waals surface area contributed by atoms with E-state index in [0.717, 1.165) is 5.92 Å². The van der Waals surface area contributed by atoms with Crippen LogP contribution in [0.25, 0.3) is 0 Å². The van der Waals surface area contributed by atoms with Crippen LogP contribution in [0, 0.1) is 5.92 Å². The molecule has 0 bridgehead atoms. The van der Waals surface area contributed by atoms with Crippen LogP contribution in [-0.4, -0.2) is 62.2 Å². The molecule has 2 aliphatic rings. The average Bonchev–Trinajstić information content (AvgIpc) is 2.55. The van der Waals surface area contributed by atoms with Gasteiger partial charge in [0.15, 0.2) is 0 Å². The van der Waals surface area contributed by atoms with Gasteiger partial charge in [0.05, 0.1) is 0 Å². The van der Waals surface area contributed by atoms with Crippen molar-refractivity contribution < 1.29 is 0 Å². The summed E-state index contributed by atoms with van der Waals surface area (Å²) in [6.07, 6.45) is 5.74. The zero-order valence-electron chi connectivity index (χ0n) is 11.5. The summed E-state index contributed by atoms with van der Waals surface area (Å²) in [5.41, 5.74) is 0. The highest BCUT2D eigenvalue weighted by atomic mass is 15.2. The SMILES string of the molecule is CCN(CCN1CCCNCC1)CC1CCC1. The van der Waals surface area contributed by atoms with Crippen molar-refractivity contribution in [3.05, 3.63) is 0 Å². The molecular formula is C14H29N3. The Kier molecular flexibility index (Phi) is 5.75. The van der Waals surface area contributed by atoms with Crippen LogP contribution in [0.1, 0.15) is 32.6 Å². The zero-order valence-corrected chi connectivity index (χ0v) is 11.5. The van der Waals surface area contributed by atoms with E-state index in [1.165, 1.54) is 78.0 Å². The van der Waals surface area contributed by atoms with Crippen LogP contribution in [0.4, 0.5) is 0 Å². The summed E-state index contributed by atoms with van der Waals surface area (Å²) in [5.74, 6) is 1.01. The quantitative estimate of drug-likeness (QED) is 0.756. The summed E-state index contributed by atoms with van der Waals surface area (Å²) < 4.78 is 0. The van der Waals surface area contributed by atoms with Crippen LogP contribution in [0.15, 0.2) is 0 Å². The molecule has 0 aromatic heterocycles. The Bertz CT molecular complexity index is 196. The molecule has 1 aliphatic carbocycles. The largest absolute Gasteiger partial charge is 0.315 e. The van der Waals surface area contributed by atoms with Crippen molar-refractivity contribution in [2.45, 2.75) is 32.6 Å². The van der Waals surface area contributed by atoms with E-state index in [1.54, 1.807) is 0 Å². The number of nitrogens with one attached hydrogen (secondary N) is 1. The molecule has 0 amide bonds. The first kappa shape index (κ1) is 13.3. The van der Waals surface area contributed by atoms with Crippen LogP contribution in [0.5, 0.6) is 0 Å². The molecule has 1 aliphatic heterocycles. The van der Waals surface area contributed by atoms with Crippen molar-refractivity contribution in [1.29, 1.82) is 0 Å². The summed E-state index contributed by atoms with van der Waals surface area (Å²) >= 11 is 0. The van der Waals surface area contributed by atoms with Gasteiger partial charge in [-0.3, -0.25) is 0 Å². The predicted molar refractivity (Wildman–Crippen MR) is 73.4 cm³/mol. The zero-order chi connectivity index (χ0) is 11.9. The molecular weight excluding hydrogens is 210 g/mol. The lowest BCUT2D eigenvalue weighted by Gasteiger charge is -2.33. The van der Waals surface area contributed by atoms with Crippen molar-refractivity contribution in [3.8, 4) is 0 Å². The summed E-state index contributed by atoms with van der Waals surface area (Å²) in [4.78, 5) is 5.28. The number of likely N-dealkylation sites (N-methyl/N-ethyl adjacent to an activating group) is 1. The van der Waals surface area contributed by atoms with E-state index in [2.05, 4.69) is 22.0 Å². The van der Waals surface area contributed by atoms with Gasteiger partial charge >= 0.3 is 0 Å². The molecule has 0 radical (unpaired) electrons. The highest BCUT2D eigenvalue weighted by molar-refractivity contribution is 4.74. The van der Waals surface area contributed by atoms with Gasteiger partial charge in [-0.25, -0.2) is 0 Å². The normalized spacial score (nSPS) is 23.6. The Balaban J connectivity index is 1.63. The van der Waals surface area contributed by atoms with E-state index in [-0.39, 0.29) is 0 Å². The Labute approximate surface area is 107 Å². The van der Waals surface area contributed by atoms with E-state index in [4.69, 9.17) is 0 Å². The topological polar surface area (TPSA) is 18.5 Å². The second kappa shape index (κ2) is 7.34. The summed E-state index contributed by atoms with van der Waals surface area (Å²) in [5, 5.41) is 3.47. The fraction of sp³-hybridized carbons (Fsp3) is 1.00. The van der Waals surface area contributed by atoms with Gasteiger partial charge in [0, 0.05) is 32.7 Å². The molecule has 3 heteroatoms. The Hall–Kier alpha value is -0.120. The molecule has 2 fully saturated rings. The van der Waals surface area contributed by atoms with E-state index < -0.39 is 0 Å². The van der Waals surface area contributed by atoms with E-state index in [1.807, 2.05) is 0 Å². The van der Waals surface area contributed by atoms with Gasteiger partial charge < -0.3 is 15.1 Å². The van der Waals surface area contributed by atoms with Gasteiger partial charge in [-0.05, 0) is 44.8 Å². The third-order valence-electron chi connectivity index (χ3n) is 4.35. The fourth-order valence-corrected chi connectivity index (χ4v) is 2.83. The smallest absolute Gasteiger partial charge is 0.0110 e. The molecule has 1 heterocycles. The standard InChI is InChI=1S/C14H29N3/c1-2-16(13-14-5-3-6-14)11-12-17-9-4-7-15-8-10-17/h14-15H,2-13H2,1H3. The molecule has 0 spiro atoms. The van der Waals surface area contributed by atoms with E-state index >= 15 is 0 Å². The number of rotatable bonds is 6. The first-order valence-electron chi connectivity index (χ1n) is 7.54. The molecule has 1 saturated carbocycles. The minimum Gasteiger partial charge on any atom is -0.315 e. The number of hydrogen-bond donors (Lipinski definition) is 1. The lowest BCUT2D eigenvalue weighted by molar-refractivity contribution is 0.161. The Morgan fingerprint density at radius 2 is 2.06 bits per heavy atom. The second-order valence-corrected chi connectivity index (χ2v) is 5.64. The number of nitrogens with zero attached hydrogens (tertiary/aromatic N) is 2. The van der Waals surface area contributed by atoms with E-state index in [0.29, 0.717) is 0 Å². The molecule has 2 rings (SSSR count). The maximum Gasteiger partial charge on any atom is 0.0110 e. The van der Waals surface area contributed by atoms with Crippen LogP contribution in [0.2, 0.25) is 0 Å². The van der Waals surface area contributed by atoms with Gasteiger partial charge in [-0.1, -0.05) is 13.3 Å². The van der Waals surface area contributed by atoms with Crippen LogP contribution in [0.3, 0.4) is 0 Å². The van der Waals surface area contributed by atoms with Crippen molar-refractivity contribution in [2.75, 3.05) is 52.4 Å². The third-order valence-corrected chi connectivity index (χ3v) is 4.35. The minimum absolute atomic E-state index is 1.01. The number of hydrogen-bond acceptors (Lipinski definition) is 3. The van der Waals surface area contributed by atoms with Crippen LogP contribution < -0.4 is 5.32 Å². The van der Waals surface area contributed by atoms with Crippen molar-refractivity contribution in [3.63, 3.8) is 0 Å². The molecule has 3 nitrogen and oxygen atoms in total. The second-order valence-electron chi connectivity index (χ2n) is 5.64. The summed E-state index contributed by atoms with van der Waals surface area (Å²) in [6.45, 7) is 12.3. The summed E-state index contributed by atoms with van der Waals surface area (Å²) in [6, 6.07) is 0. The van der Waals surface area contributed by atoms with E-state index in [9.17, 15) is 0 Å². The van der Waals surface area contributed by atoms with Crippen molar-refractivity contribution in [2.24, 2.45) is 5.92 Å². The fourth-order valence-electron chi connectivity index (χ4n) is 2.83. The average molecular weight is 239 g/mol. The minimum atomic E-state index is 1.01. The molecule has 1 saturated heterocycles. The van der Waals surface area contributed by atoms with Gasteiger partial charge in [0.25, 0.3) is 0 Å². The monoisotopic (exact) mass is 239 g/mol. The van der Waals surface area contributed by atoms with Gasteiger partial charge in [0.2, 0.25) is 0 Å². The Morgan fingerprint density at radius 1 is 1.18 bits per heavy atom. The molecule has 1 N–H and O–H groups in total. The molecule has 0 atom stereocenters. The highest BCUT2D eigenvalue weighted by Gasteiger charge is 2.20. The first-order valence-corrected chi connectivity index (χ1v) is 7.54. The van der Waals surface area contributed by atoms with Gasteiger partial charge in [0.1, 0.15) is 0 Å². The Morgan fingerprint density at radius 3 is 2.76 bits per heavy atom. The van der Waals surface area contributed by atoms with Crippen LogP contribution >= 0.6 is 0 Å². The third kappa shape index (κ3) is 4.57. The van der Waals surface area contributed by atoms with Crippen LogP contribution in [-0.2, 0) is 0 Å². The first-order chi connectivity index (χ1) is 8.38. The van der Waals surface area contributed by atoms with Gasteiger partial charge in [-0.2, -0.15) is 0 Å². The molecule has 0 aromatic rings. The lowest BCUT2D eigenvalue weighted by atomic mass is 9.85. The van der Waals surface area contributed by atoms with Crippen molar-refractivity contribution in [1.82, 2.24) is 15.1 Å². The molecule has 0 aromatic carbocycles. The highest BCUT2D eigenvalue weighted by Crippen LogP contribution is 2.26. The van der Waals surface area contributed by atoms with Gasteiger partial charge in [-0.15, -0.1) is 0 Å². The van der Waals surface area contributed by atoms with Crippen molar-refractivity contribution >= 4 is 0 Å². The predicted octanol–water partition coefficient (Wildman–Crippen LogP) is 1.40. The molecule has 0 unspecified atom stereocenters. The molecule has 17 heavy (non-hydrogen) atoms.